The lowest BCUT2D eigenvalue weighted by Crippen LogP contribution is -2.44. The Morgan fingerprint density at radius 1 is 1.20 bits per heavy atom. The number of hydrogen-bond donors (Lipinski definition) is 2. The zero-order valence-electron chi connectivity index (χ0n) is 20.5. The minimum atomic E-state index is -2.85. The van der Waals surface area contributed by atoms with Gasteiger partial charge in [-0.05, 0) is 59.9 Å². The second-order valence-corrected chi connectivity index (χ2v) is 10.9. The fourth-order valence-corrected chi connectivity index (χ4v) is 5.41. The quantitative estimate of drug-likeness (QED) is 0.357. The molecule has 1 heterocycles. The van der Waals surface area contributed by atoms with Gasteiger partial charge in [0.1, 0.15) is 11.9 Å². The van der Waals surface area contributed by atoms with Crippen LogP contribution < -0.4 is 0 Å². The highest BCUT2D eigenvalue weighted by Gasteiger charge is 2.62. The number of aliphatic hydroxyl groups is 1. The van der Waals surface area contributed by atoms with Crippen molar-refractivity contribution in [2.45, 2.75) is 76.0 Å². The molecule has 0 saturated heterocycles. The maximum Gasteiger partial charge on any atom is 0.542 e. The molecule has 3 atom stereocenters. The van der Waals surface area contributed by atoms with Crippen LogP contribution in [0.1, 0.15) is 81.7 Å². The van der Waals surface area contributed by atoms with Crippen LogP contribution in [0.3, 0.4) is 0 Å². The number of aliphatic carboxylic acids is 1. The first-order chi connectivity index (χ1) is 16.6. The molecule has 1 aromatic carbocycles. The summed E-state index contributed by atoms with van der Waals surface area (Å²) in [5.74, 6) is 3.85. The van der Waals surface area contributed by atoms with Gasteiger partial charge in [-0.3, -0.25) is 4.98 Å². The van der Waals surface area contributed by atoms with E-state index in [-0.39, 0.29) is 11.7 Å². The van der Waals surface area contributed by atoms with E-state index in [2.05, 4.69) is 11.8 Å². The summed E-state index contributed by atoms with van der Waals surface area (Å²) in [5.41, 5.74) is 3.51. The minimum absolute atomic E-state index is 0.0518. The summed E-state index contributed by atoms with van der Waals surface area (Å²) in [6, 6.07) is 7.99. The van der Waals surface area contributed by atoms with E-state index in [4.69, 9.17) is 9.51 Å². The van der Waals surface area contributed by atoms with Crippen LogP contribution >= 0.6 is 8.03 Å². The molecule has 0 aliphatic heterocycles. The number of rotatable bonds is 7. The lowest BCUT2D eigenvalue weighted by atomic mass is 9.84. The van der Waals surface area contributed by atoms with E-state index in [1.165, 1.54) is 25.5 Å². The normalized spacial score (nSPS) is 17.3. The Morgan fingerprint density at radius 3 is 2.34 bits per heavy atom. The van der Waals surface area contributed by atoms with Crippen LogP contribution in [-0.4, -0.2) is 39.5 Å². The molecular weight excluding hydrogens is 468 g/mol. The SMILES string of the molecule is CO[P+](=O)C(C#Cc1c(-c2ccc(F)cc2)cc(C2CCCCC2)nc1C(C)C)(C(=O)O)C(C)O. The number of aromatic nitrogens is 1. The molecule has 186 valence electrons. The zero-order valence-corrected chi connectivity index (χ0v) is 21.4. The molecule has 1 aromatic heterocycles. The summed E-state index contributed by atoms with van der Waals surface area (Å²) in [6.45, 7) is 5.17. The first kappa shape index (κ1) is 26.9. The third kappa shape index (κ3) is 5.62. The highest BCUT2D eigenvalue weighted by molar-refractivity contribution is 7.43. The number of pyridine rings is 1. The monoisotopic (exact) mass is 500 g/mol. The van der Waals surface area contributed by atoms with E-state index >= 15 is 0 Å². The van der Waals surface area contributed by atoms with Gasteiger partial charge in [0, 0.05) is 17.2 Å². The van der Waals surface area contributed by atoms with Gasteiger partial charge in [0.15, 0.2) is 0 Å². The standard InChI is InChI=1S/C27H31FNO5P/c1-17(2)25-22(14-15-27(18(3)30,26(31)32)35(33)34-4)23(19-10-12-21(28)13-11-19)16-24(29-25)20-8-6-5-7-9-20/h10-13,16-18,20,30H,5-9H2,1-4H3/p+1. The third-order valence-corrected chi connectivity index (χ3v) is 8.14. The Kier molecular flexibility index (Phi) is 8.77. The molecule has 0 amide bonds. The van der Waals surface area contributed by atoms with E-state index in [9.17, 15) is 24.0 Å². The van der Waals surface area contributed by atoms with Crippen molar-refractivity contribution in [1.29, 1.82) is 0 Å². The molecule has 0 bridgehead atoms. The molecule has 3 rings (SSSR count). The average molecular weight is 501 g/mol. The van der Waals surface area contributed by atoms with Crippen molar-refractivity contribution in [3.63, 3.8) is 0 Å². The van der Waals surface area contributed by atoms with Gasteiger partial charge in [-0.2, -0.15) is 0 Å². The van der Waals surface area contributed by atoms with Crippen molar-refractivity contribution in [2.24, 2.45) is 0 Å². The number of carbonyl (C=O) groups is 1. The Balaban J connectivity index is 2.31. The summed E-state index contributed by atoms with van der Waals surface area (Å²) >= 11 is 0. The first-order valence-electron chi connectivity index (χ1n) is 11.9. The van der Waals surface area contributed by atoms with Crippen LogP contribution in [0.25, 0.3) is 11.1 Å². The molecule has 0 spiro atoms. The lowest BCUT2D eigenvalue weighted by molar-refractivity contribution is -0.141. The number of benzene rings is 1. The molecule has 8 heteroatoms. The van der Waals surface area contributed by atoms with Crippen LogP contribution in [0.15, 0.2) is 30.3 Å². The first-order valence-corrected chi connectivity index (χ1v) is 13.1. The Bertz CT molecular complexity index is 1150. The van der Waals surface area contributed by atoms with Crippen molar-refractivity contribution in [1.82, 2.24) is 4.98 Å². The van der Waals surface area contributed by atoms with Crippen molar-refractivity contribution < 1.29 is 28.5 Å². The molecular formula is C27H32FNO5P+. The van der Waals surface area contributed by atoms with Crippen molar-refractivity contribution >= 4 is 14.0 Å². The summed E-state index contributed by atoms with van der Waals surface area (Å²) in [7, 11) is -1.74. The van der Waals surface area contributed by atoms with Gasteiger partial charge in [0.05, 0.1) is 18.4 Å². The van der Waals surface area contributed by atoms with Crippen molar-refractivity contribution in [2.75, 3.05) is 7.11 Å². The Morgan fingerprint density at radius 2 is 1.83 bits per heavy atom. The number of nitrogens with zero attached hydrogens (tertiary/aromatic N) is 1. The maximum atomic E-state index is 13.7. The summed E-state index contributed by atoms with van der Waals surface area (Å²) in [6.07, 6.45) is 3.99. The minimum Gasteiger partial charge on any atom is -0.477 e. The van der Waals surface area contributed by atoms with Crippen LogP contribution in [-0.2, 0) is 13.9 Å². The van der Waals surface area contributed by atoms with Crippen LogP contribution in [0, 0.1) is 17.7 Å². The lowest BCUT2D eigenvalue weighted by Gasteiger charge is -2.24. The average Bonchev–Trinajstić information content (AvgIpc) is 2.84. The number of carboxylic acid groups (broad SMARTS) is 1. The summed E-state index contributed by atoms with van der Waals surface area (Å²) in [4.78, 5) is 17.1. The highest BCUT2D eigenvalue weighted by atomic mass is 31.1. The fraction of sp³-hybridized carbons (Fsp3) is 0.481. The molecule has 1 aliphatic carbocycles. The van der Waals surface area contributed by atoms with Crippen molar-refractivity contribution in [3.05, 3.63) is 53.1 Å². The fourth-order valence-electron chi connectivity index (χ4n) is 4.51. The van der Waals surface area contributed by atoms with E-state index in [1.807, 2.05) is 19.9 Å². The predicted octanol–water partition coefficient (Wildman–Crippen LogP) is 6.00. The van der Waals surface area contributed by atoms with Crippen LogP contribution in [0.5, 0.6) is 0 Å². The largest absolute Gasteiger partial charge is 0.542 e. The summed E-state index contributed by atoms with van der Waals surface area (Å²) < 4.78 is 31.2. The van der Waals surface area contributed by atoms with Crippen LogP contribution in [0.4, 0.5) is 4.39 Å². The van der Waals surface area contributed by atoms with E-state index in [0.29, 0.717) is 28.3 Å². The molecule has 2 N–H and O–H groups in total. The number of halogens is 1. The van der Waals surface area contributed by atoms with Gasteiger partial charge < -0.3 is 10.2 Å². The van der Waals surface area contributed by atoms with Gasteiger partial charge in [-0.15, -0.1) is 4.52 Å². The summed E-state index contributed by atoms with van der Waals surface area (Å²) in [5, 5.41) is 17.9. The molecule has 2 aromatic rings. The molecule has 3 unspecified atom stereocenters. The zero-order chi connectivity index (χ0) is 25.8. The Labute approximate surface area is 206 Å². The van der Waals surface area contributed by atoms with Gasteiger partial charge in [-0.25, -0.2) is 9.18 Å². The van der Waals surface area contributed by atoms with Crippen LogP contribution in [0.2, 0.25) is 0 Å². The van der Waals surface area contributed by atoms with Gasteiger partial charge in [0.2, 0.25) is 0 Å². The number of hydrogen-bond acceptors (Lipinski definition) is 5. The molecule has 35 heavy (non-hydrogen) atoms. The maximum absolute atomic E-state index is 13.7. The van der Waals surface area contributed by atoms with Gasteiger partial charge in [0.25, 0.3) is 0 Å². The molecule has 1 aliphatic rings. The molecule has 1 saturated carbocycles. The topological polar surface area (TPSA) is 96.7 Å². The van der Waals surface area contributed by atoms with Gasteiger partial charge >= 0.3 is 19.2 Å². The third-order valence-electron chi connectivity index (χ3n) is 6.56. The second-order valence-electron chi connectivity index (χ2n) is 9.29. The number of carboxylic acids is 1. The smallest absolute Gasteiger partial charge is 0.477 e. The van der Waals surface area contributed by atoms with E-state index in [0.717, 1.165) is 38.5 Å². The van der Waals surface area contributed by atoms with E-state index < -0.39 is 25.3 Å². The Hall–Kier alpha value is -2.65. The van der Waals surface area contributed by atoms with Gasteiger partial charge in [-0.1, -0.05) is 51.2 Å². The molecule has 6 nitrogen and oxygen atoms in total. The number of aliphatic hydroxyl groups excluding tert-OH is 1. The highest BCUT2D eigenvalue weighted by Crippen LogP contribution is 2.43. The second kappa shape index (κ2) is 11.4. The van der Waals surface area contributed by atoms with E-state index in [1.54, 1.807) is 12.1 Å². The predicted molar refractivity (Wildman–Crippen MR) is 133 cm³/mol. The van der Waals surface area contributed by atoms with Crippen molar-refractivity contribution in [3.8, 4) is 23.0 Å². The molecule has 0 radical (unpaired) electrons. The molecule has 1 fully saturated rings.